The normalized spacial score (nSPS) is 21.9. The van der Waals surface area contributed by atoms with Gasteiger partial charge in [-0.1, -0.05) is 6.92 Å². The van der Waals surface area contributed by atoms with Crippen molar-refractivity contribution in [1.29, 1.82) is 0 Å². The highest BCUT2D eigenvalue weighted by Gasteiger charge is 2.18. The van der Waals surface area contributed by atoms with Gasteiger partial charge in [0.2, 0.25) is 0 Å². The highest BCUT2D eigenvalue weighted by molar-refractivity contribution is 9.10. The Morgan fingerprint density at radius 1 is 1.38 bits per heavy atom. The molecule has 0 aliphatic carbocycles. The zero-order chi connectivity index (χ0) is 11.5. The molecule has 1 aromatic heterocycles. The summed E-state index contributed by atoms with van der Waals surface area (Å²) in [7, 11) is 0. The van der Waals surface area contributed by atoms with Crippen molar-refractivity contribution in [3.63, 3.8) is 0 Å². The van der Waals surface area contributed by atoms with Crippen LogP contribution in [0.2, 0.25) is 0 Å². The van der Waals surface area contributed by atoms with E-state index in [2.05, 4.69) is 37.7 Å². The van der Waals surface area contributed by atoms with Crippen molar-refractivity contribution in [3.8, 4) is 0 Å². The Balaban J connectivity index is 2.20. The topological polar surface area (TPSA) is 55.0 Å². The fourth-order valence-corrected chi connectivity index (χ4v) is 2.52. The molecule has 1 aliphatic rings. The maximum Gasteiger partial charge on any atom is 0.148 e. The van der Waals surface area contributed by atoms with Crippen molar-refractivity contribution in [1.82, 2.24) is 9.97 Å². The second-order valence-electron chi connectivity index (χ2n) is 4.42. The molecule has 1 atom stereocenters. The van der Waals surface area contributed by atoms with Crippen molar-refractivity contribution in [2.45, 2.75) is 26.2 Å². The highest BCUT2D eigenvalue weighted by atomic mass is 79.9. The van der Waals surface area contributed by atoms with Gasteiger partial charge in [-0.2, -0.15) is 0 Å². The predicted octanol–water partition coefficient (Wildman–Crippen LogP) is 2.45. The lowest BCUT2D eigenvalue weighted by Gasteiger charge is -2.22. The average molecular weight is 285 g/mol. The standard InChI is InChI=1S/C11H17BrN4/c1-8-3-2-5-16(6-4-8)11-9(12)10(13)14-7-15-11/h7-8H,2-6H2,1H3,(H2,13,14,15). The van der Waals surface area contributed by atoms with Crippen LogP contribution in [0.25, 0.3) is 0 Å². The molecule has 4 nitrogen and oxygen atoms in total. The third-order valence-corrected chi connectivity index (χ3v) is 3.88. The summed E-state index contributed by atoms with van der Waals surface area (Å²) in [5, 5.41) is 0. The van der Waals surface area contributed by atoms with Crippen molar-refractivity contribution in [3.05, 3.63) is 10.8 Å². The summed E-state index contributed by atoms with van der Waals surface area (Å²) in [6.07, 6.45) is 5.27. The second-order valence-corrected chi connectivity index (χ2v) is 5.21. The SMILES string of the molecule is CC1CCCN(c2ncnc(N)c2Br)CC1. The minimum Gasteiger partial charge on any atom is -0.383 e. The molecule has 88 valence electrons. The average Bonchev–Trinajstić information content (AvgIpc) is 2.47. The van der Waals surface area contributed by atoms with Crippen LogP contribution in [0, 0.1) is 5.92 Å². The first kappa shape index (κ1) is 11.6. The second kappa shape index (κ2) is 4.99. The summed E-state index contributed by atoms with van der Waals surface area (Å²) >= 11 is 3.46. The van der Waals surface area contributed by atoms with Crippen LogP contribution in [0.5, 0.6) is 0 Å². The number of hydrogen-bond donors (Lipinski definition) is 1. The molecule has 0 aromatic carbocycles. The van der Waals surface area contributed by atoms with Crippen molar-refractivity contribution in [2.24, 2.45) is 5.92 Å². The van der Waals surface area contributed by atoms with Crippen molar-refractivity contribution >= 4 is 27.6 Å². The Bertz CT molecular complexity index is 369. The molecule has 2 heterocycles. The first-order valence-corrected chi connectivity index (χ1v) is 6.48. The monoisotopic (exact) mass is 284 g/mol. The van der Waals surface area contributed by atoms with Gasteiger partial charge in [0, 0.05) is 13.1 Å². The summed E-state index contributed by atoms with van der Waals surface area (Å²) in [5.74, 6) is 2.26. The fraction of sp³-hybridized carbons (Fsp3) is 0.636. The lowest BCUT2D eigenvalue weighted by Crippen LogP contribution is -2.26. The number of nitrogens with two attached hydrogens (primary N) is 1. The van der Waals surface area contributed by atoms with Gasteiger partial charge in [0.15, 0.2) is 0 Å². The van der Waals surface area contributed by atoms with E-state index in [9.17, 15) is 0 Å². The molecule has 1 unspecified atom stereocenters. The number of anilines is 2. The number of nitrogens with zero attached hydrogens (tertiary/aromatic N) is 3. The lowest BCUT2D eigenvalue weighted by molar-refractivity contribution is 0.521. The molecule has 1 aromatic rings. The van der Waals surface area contributed by atoms with Gasteiger partial charge >= 0.3 is 0 Å². The molecular formula is C11H17BrN4. The molecule has 0 amide bonds. The molecule has 1 saturated heterocycles. The molecule has 5 heteroatoms. The third-order valence-electron chi connectivity index (χ3n) is 3.11. The molecule has 2 rings (SSSR count). The Kier molecular flexibility index (Phi) is 3.63. The lowest BCUT2D eigenvalue weighted by atomic mass is 10.0. The van der Waals surface area contributed by atoms with Gasteiger partial charge in [-0.25, -0.2) is 9.97 Å². The summed E-state index contributed by atoms with van der Waals surface area (Å²) < 4.78 is 0.824. The minimum atomic E-state index is 0.516. The summed E-state index contributed by atoms with van der Waals surface area (Å²) in [6.45, 7) is 4.42. The van der Waals surface area contributed by atoms with Crippen LogP contribution in [0.15, 0.2) is 10.8 Å². The number of nitrogen functional groups attached to an aromatic ring is 1. The van der Waals surface area contributed by atoms with Crippen LogP contribution in [-0.4, -0.2) is 23.1 Å². The fourth-order valence-electron chi connectivity index (χ4n) is 2.07. The van der Waals surface area contributed by atoms with Crippen LogP contribution < -0.4 is 10.6 Å². The molecule has 16 heavy (non-hydrogen) atoms. The summed E-state index contributed by atoms with van der Waals surface area (Å²) in [6, 6.07) is 0. The van der Waals surface area contributed by atoms with Gasteiger partial charge in [-0.3, -0.25) is 0 Å². The van der Waals surface area contributed by atoms with E-state index in [1.165, 1.54) is 25.6 Å². The Labute approximate surface area is 104 Å². The van der Waals surface area contributed by atoms with Crippen LogP contribution >= 0.6 is 15.9 Å². The van der Waals surface area contributed by atoms with Gasteiger partial charge in [-0.05, 0) is 41.1 Å². The smallest absolute Gasteiger partial charge is 0.148 e. The minimum absolute atomic E-state index is 0.516. The van der Waals surface area contributed by atoms with Crippen molar-refractivity contribution < 1.29 is 0 Å². The molecule has 0 spiro atoms. The highest BCUT2D eigenvalue weighted by Crippen LogP contribution is 2.29. The molecule has 1 fully saturated rings. The number of hydrogen-bond acceptors (Lipinski definition) is 4. The van der Waals surface area contributed by atoms with Crippen LogP contribution in [0.4, 0.5) is 11.6 Å². The van der Waals surface area contributed by atoms with E-state index in [1.54, 1.807) is 0 Å². The molecule has 0 bridgehead atoms. The van der Waals surface area contributed by atoms with Crippen LogP contribution in [0.1, 0.15) is 26.2 Å². The van der Waals surface area contributed by atoms with Gasteiger partial charge < -0.3 is 10.6 Å². The zero-order valence-electron chi connectivity index (χ0n) is 9.49. The van der Waals surface area contributed by atoms with E-state index < -0.39 is 0 Å². The first-order chi connectivity index (χ1) is 7.68. The molecule has 2 N–H and O–H groups in total. The summed E-state index contributed by atoms with van der Waals surface area (Å²) in [4.78, 5) is 10.6. The van der Waals surface area contributed by atoms with Gasteiger partial charge in [0.05, 0.1) is 0 Å². The van der Waals surface area contributed by atoms with Gasteiger partial charge in [0.25, 0.3) is 0 Å². The molecule has 0 radical (unpaired) electrons. The van der Waals surface area contributed by atoms with E-state index in [4.69, 9.17) is 5.73 Å². The zero-order valence-corrected chi connectivity index (χ0v) is 11.1. The number of rotatable bonds is 1. The first-order valence-electron chi connectivity index (χ1n) is 5.69. The van der Waals surface area contributed by atoms with Crippen LogP contribution in [0.3, 0.4) is 0 Å². The molecule has 0 saturated carbocycles. The van der Waals surface area contributed by atoms with E-state index in [-0.39, 0.29) is 0 Å². The van der Waals surface area contributed by atoms with E-state index in [0.29, 0.717) is 5.82 Å². The largest absolute Gasteiger partial charge is 0.383 e. The maximum atomic E-state index is 5.77. The van der Waals surface area contributed by atoms with Gasteiger partial charge in [-0.15, -0.1) is 0 Å². The Morgan fingerprint density at radius 2 is 2.19 bits per heavy atom. The van der Waals surface area contributed by atoms with E-state index in [0.717, 1.165) is 29.3 Å². The molecule has 1 aliphatic heterocycles. The number of halogens is 1. The van der Waals surface area contributed by atoms with Gasteiger partial charge in [0.1, 0.15) is 22.4 Å². The van der Waals surface area contributed by atoms with E-state index >= 15 is 0 Å². The third kappa shape index (κ3) is 2.45. The Hall–Kier alpha value is -0.840. The Morgan fingerprint density at radius 3 is 3.00 bits per heavy atom. The van der Waals surface area contributed by atoms with E-state index in [1.807, 2.05) is 0 Å². The maximum absolute atomic E-state index is 5.77. The molecular weight excluding hydrogens is 268 g/mol. The number of aromatic nitrogens is 2. The van der Waals surface area contributed by atoms with Crippen molar-refractivity contribution in [2.75, 3.05) is 23.7 Å². The van der Waals surface area contributed by atoms with Crippen LogP contribution in [-0.2, 0) is 0 Å². The predicted molar refractivity (Wildman–Crippen MR) is 69.4 cm³/mol. The summed E-state index contributed by atoms with van der Waals surface area (Å²) in [5.41, 5.74) is 5.77. The quantitative estimate of drug-likeness (QED) is 0.861.